The van der Waals surface area contributed by atoms with Crippen LogP contribution in [0.15, 0.2) is 18.2 Å². The maximum Gasteiger partial charge on any atom is 0.306 e. The number of carbonyl (C=O) groups is 1. The van der Waals surface area contributed by atoms with Gasteiger partial charge in [0.15, 0.2) is 0 Å². The molecule has 20 heavy (non-hydrogen) atoms. The van der Waals surface area contributed by atoms with Crippen LogP contribution in [0.5, 0.6) is 0 Å². The van der Waals surface area contributed by atoms with Gasteiger partial charge in [0.1, 0.15) is 0 Å². The van der Waals surface area contributed by atoms with E-state index in [1.165, 1.54) is 0 Å². The second kappa shape index (κ2) is 6.42. The van der Waals surface area contributed by atoms with Crippen molar-refractivity contribution < 1.29 is 9.90 Å². The summed E-state index contributed by atoms with van der Waals surface area (Å²) in [4.78, 5) is 10.9. The first-order valence-electron chi connectivity index (χ1n) is 7.07. The average molecular weight is 272 g/mol. The zero-order valence-corrected chi connectivity index (χ0v) is 11.7. The van der Waals surface area contributed by atoms with Crippen molar-refractivity contribution in [1.29, 1.82) is 5.26 Å². The van der Waals surface area contributed by atoms with Gasteiger partial charge in [-0.15, -0.1) is 0 Å². The van der Waals surface area contributed by atoms with Gasteiger partial charge in [0.25, 0.3) is 0 Å². The Kier molecular flexibility index (Phi) is 4.62. The molecule has 4 heteroatoms. The first kappa shape index (κ1) is 14.4. The summed E-state index contributed by atoms with van der Waals surface area (Å²) in [7, 11) is 0. The molecule has 0 spiro atoms. The lowest BCUT2D eigenvalue weighted by Gasteiger charge is -2.26. The lowest BCUT2D eigenvalue weighted by molar-refractivity contribution is -0.143. The van der Waals surface area contributed by atoms with Gasteiger partial charge in [-0.2, -0.15) is 5.26 Å². The molecule has 1 fully saturated rings. The number of benzene rings is 1. The summed E-state index contributed by atoms with van der Waals surface area (Å²) in [6, 6.07) is 7.90. The molecule has 0 heterocycles. The van der Waals surface area contributed by atoms with Gasteiger partial charge in [-0.1, -0.05) is 0 Å². The number of rotatable bonds is 4. The molecule has 106 valence electrons. The van der Waals surface area contributed by atoms with Crippen molar-refractivity contribution in [2.24, 2.45) is 11.8 Å². The van der Waals surface area contributed by atoms with Gasteiger partial charge in [-0.05, 0) is 62.3 Å². The minimum atomic E-state index is -0.654. The fraction of sp³-hybridized carbons (Fsp3) is 0.500. The second-order valence-corrected chi connectivity index (χ2v) is 5.58. The van der Waals surface area contributed by atoms with Crippen LogP contribution in [-0.4, -0.2) is 17.6 Å². The molecule has 1 aliphatic rings. The van der Waals surface area contributed by atoms with Crippen molar-refractivity contribution in [3.63, 3.8) is 0 Å². The molecule has 1 aliphatic carbocycles. The third-order valence-electron chi connectivity index (χ3n) is 4.14. The molecule has 4 nitrogen and oxygen atoms in total. The number of aliphatic carboxylic acids is 1. The Morgan fingerprint density at radius 2 is 2.10 bits per heavy atom. The van der Waals surface area contributed by atoms with Crippen molar-refractivity contribution in [3.05, 3.63) is 29.3 Å². The molecule has 2 rings (SSSR count). The molecule has 0 atom stereocenters. The van der Waals surface area contributed by atoms with Crippen molar-refractivity contribution in [3.8, 4) is 6.07 Å². The normalized spacial score (nSPS) is 22.0. The Bertz CT molecular complexity index is 526. The highest BCUT2D eigenvalue weighted by Gasteiger charge is 2.25. The molecule has 0 aliphatic heterocycles. The highest BCUT2D eigenvalue weighted by atomic mass is 16.4. The fourth-order valence-corrected chi connectivity index (χ4v) is 2.77. The Morgan fingerprint density at radius 3 is 2.65 bits per heavy atom. The average Bonchev–Trinajstić information content (AvgIpc) is 2.45. The van der Waals surface area contributed by atoms with E-state index in [2.05, 4.69) is 11.4 Å². The lowest BCUT2D eigenvalue weighted by Crippen LogP contribution is -2.25. The fourth-order valence-electron chi connectivity index (χ4n) is 2.77. The van der Waals surface area contributed by atoms with Gasteiger partial charge in [0, 0.05) is 12.2 Å². The van der Waals surface area contributed by atoms with Gasteiger partial charge in [-0.3, -0.25) is 4.79 Å². The van der Waals surface area contributed by atoms with Crippen LogP contribution in [0.3, 0.4) is 0 Å². The summed E-state index contributed by atoms with van der Waals surface area (Å²) in [6.45, 7) is 2.81. The van der Waals surface area contributed by atoms with E-state index in [1.54, 1.807) is 0 Å². The number of nitriles is 1. The highest BCUT2D eigenvalue weighted by molar-refractivity contribution is 5.70. The molecule has 0 radical (unpaired) electrons. The van der Waals surface area contributed by atoms with Gasteiger partial charge < -0.3 is 10.4 Å². The zero-order chi connectivity index (χ0) is 14.5. The van der Waals surface area contributed by atoms with E-state index in [-0.39, 0.29) is 5.92 Å². The van der Waals surface area contributed by atoms with Crippen molar-refractivity contribution in [1.82, 2.24) is 0 Å². The Labute approximate surface area is 119 Å². The number of nitrogens with zero attached hydrogens (tertiary/aromatic N) is 1. The standard InChI is InChI=1S/C16H20N2O2/c1-11-8-15(7-6-14(11)9-17)18-10-12-2-4-13(5-3-12)16(19)20/h6-8,12-13,18H,2-5,10H2,1H3,(H,19,20). The first-order chi connectivity index (χ1) is 9.60. The van der Waals surface area contributed by atoms with E-state index in [9.17, 15) is 4.79 Å². The minimum Gasteiger partial charge on any atom is -0.481 e. The van der Waals surface area contributed by atoms with E-state index >= 15 is 0 Å². The maximum absolute atomic E-state index is 10.9. The molecule has 0 unspecified atom stereocenters. The molecule has 1 saturated carbocycles. The molecule has 0 saturated heterocycles. The predicted octanol–water partition coefficient (Wildman–Crippen LogP) is 3.17. The van der Waals surface area contributed by atoms with Gasteiger partial charge in [0.2, 0.25) is 0 Å². The van der Waals surface area contributed by atoms with Crippen LogP contribution in [0.4, 0.5) is 5.69 Å². The smallest absolute Gasteiger partial charge is 0.306 e. The second-order valence-electron chi connectivity index (χ2n) is 5.58. The van der Waals surface area contributed by atoms with Crippen LogP contribution in [0.25, 0.3) is 0 Å². The van der Waals surface area contributed by atoms with Crippen molar-refractivity contribution in [2.45, 2.75) is 32.6 Å². The first-order valence-corrected chi connectivity index (χ1v) is 7.07. The zero-order valence-electron chi connectivity index (χ0n) is 11.7. The third kappa shape index (κ3) is 3.51. The summed E-state index contributed by atoms with van der Waals surface area (Å²) >= 11 is 0. The Morgan fingerprint density at radius 1 is 1.40 bits per heavy atom. The molecule has 0 amide bonds. The monoisotopic (exact) mass is 272 g/mol. The largest absolute Gasteiger partial charge is 0.481 e. The van der Waals surface area contributed by atoms with E-state index in [1.807, 2.05) is 25.1 Å². The van der Waals surface area contributed by atoms with Crippen LogP contribution in [-0.2, 0) is 4.79 Å². The topological polar surface area (TPSA) is 73.1 Å². The summed E-state index contributed by atoms with van der Waals surface area (Å²) < 4.78 is 0. The van der Waals surface area contributed by atoms with Gasteiger partial charge >= 0.3 is 5.97 Å². The maximum atomic E-state index is 10.9. The molecule has 1 aromatic rings. The molecule has 2 N–H and O–H groups in total. The number of aryl methyl sites for hydroxylation is 1. The Balaban J connectivity index is 1.83. The lowest BCUT2D eigenvalue weighted by atomic mass is 9.82. The summed E-state index contributed by atoms with van der Waals surface area (Å²) in [5.74, 6) is -0.260. The van der Waals surface area contributed by atoms with Crippen molar-refractivity contribution in [2.75, 3.05) is 11.9 Å². The number of nitrogens with one attached hydrogen (secondary N) is 1. The quantitative estimate of drug-likeness (QED) is 0.883. The number of anilines is 1. The van der Waals surface area contributed by atoms with Gasteiger partial charge in [-0.25, -0.2) is 0 Å². The van der Waals surface area contributed by atoms with Crippen LogP contribution in [0.2, 0.25) is 0 Å². The van der Waals surface area contributed by atoms with Crippen LogP contribution in [0.1, 0.15) is 36.8 Å². The van der Waals surface area contributed by atoms with Crippen molar-refractivity contribution >= 4 is 11.7 Å². The van der Waals surface area contributed by atoms with Crippen LogP contribution < -0.4 is 5.32 Å². The number of carboxylic acid groups (broad SMARTS) is 1. The highest BCUT2D eigenvalue weighted by Crippen LogP contribution is 2.29. The Hall–Kier alpha value is -2.02. The summed E-state index contributed by atoms with van der Waals surface area (Å²) in [6.07, 6.45) is 3.51. The summed E-state index contributed by atoms with van der Waals surface area (Å²) in [5, 5.41) is 21.3. The minimum absolute atomic E-state index is 0.150. The summed E-state index contributed by atoms with van der Waals surface area (Å²) in [5.41, 5.74) is 2.71. The molecular weight excluding hydrogens is 252 g/mol. The number of hydrogen-bond donors (Lipinski definition) is 2. The van der Waals surface area contributed by atoms with Gasteiger partial charge in [0.05, 0.1) is 17.6 Å². The predicted molar refractivity (Wildman–Crippen MR) is 77.5 cm³/mol. The number of carboxylic acids is 1. The van der Waals surface area contributed by atoms with E-state index in [4.69, 9.17) is 10.4 Å². The molecule has 0 bridgehead atoms. The van der Waals surface area contributed by atoms with E-state index in [0.717, 1.165) is 43.5 Å². The molecule has 0 aromatic heterocycles. The number of hydrogen-bond acceptors (Lipinski definition) is 3. The molecule has 1 aromatic carbocycles. The SMILES string of the molecule is Cc1cc(NCC2CCC(C(=O)O)CC2)ccc1C#N. The van der Waals surface area contributed by atoms with Crippen LogP contribution in [0, 0.1) is 30.1 Å². The van der Waals surface area contributed by atoms with Crippen LogP contribution >= 0.6 is 0 Å². The molecular formula is C16H20N2O2. The van der Waals surface area contributed by atoms with E-state index < -0.39 is 5.97 Å². The third-order valence-corrected chi connectivity index (χ3v) is 4.14. The van der Waals surface area contributed by atoms with E-state index in [0.29, 0.717) is 11.5 Å².